The summed E-state index contributed by atoms with van der Waals surface area (Å²) in [6, 6.07) is 8.90. The highest BCUT2D eigenvalue weighted by atomic mass is 19.1. The van der Waals surface area contributed by atoms with Crippen LogP contribution in [0.1, 0.15) is 67.2 Å². The van der Waals surface area contributed by atoms with Gasteiger partial charge in [-0.3, -0.25) is 14.4 Å². The minimum Gasteiger partial charge on any atom is -0.508 e. The summed E-state index contributed by atoms with van der Waals surface area (Å²) in [7, 11) is 0. The van der Waals surface area contributed by atoms with Gasteiger partial charge in [0, 0.05) is 68.1 Å². The summed E-state index contributed by atoms with van der Waals surface area (Å²) in [4.78, 5) is 28.1. The predicted molar refractivity (Wildman–Crippen MR) is 186 cm³/mol. The van der Waals surface area contributed by atoms with E-state index in [0.717, 1.165) is 83.8 Å². The Morgan fingerprint density at radius 3 is 2.82 bits per heavy atom. The van der Waals surface area contributed by atoms with E-state index in [-0.39, 0.29) is 35.4 Å². The second-order valence-corrected chi connectivity index (χ2v) is 14.3. The number of hydrogen-bond donors (Lipinski definition) is 2. The van der Waals surface area contributed by atoms with Crippen molar-refractivity contribution in [3.8, 4) is 11.8 Å². The number of primary amides is 1. The van der Waals surface area contributed by atoms with Gasteiger partial charge in [0.2, 0.25) is 5.91 Å². The van der Waals surface area contributed by atoms with E-state index in [1.165, 1.54) is 6.07 Å². The number of rotatable bonds is 9. The quantitative estimate of drug-likeness (QED) is 0.260. The maximum Gasteiger partial charge on any atom is 0.318 e. The number of alkyl halides is 1. The number of nitrogens with two attached hydrogens (primary N) is 1. The highest BCUT2D eigenvalue weighted by Gasteiger charge is 2.49. The van der Waals surface area contributed by atoms with Crippen molar-refractivity contribution in [3.63, 3.8) is 0 Å². The number of nitrogens with zero attached hydrogens (tertiary/aromatic N) is 7. The molecule has 4 aliphatic rings. The first-order valence-electron chi connectivity index (χ1n) is 17.9. The molecular weight excluding hydrogens is 642 g/mol. The van der Waals surface area contributed by atoms with Crippen molar-refractivity contribution in [1.29, 1.82) is 0 Å². The van der Waals surface area contributed by atoms with Gasteiger partial charge >= 0.3 is 6.01 Å². The fourth-order valence-electron chi connectivity index (χ4n) is 8.72. The summed E-state index contributed by atoms with van der Waals surface area (Å²) in [6.07, 6.45) is 4.24. The molecule has 0 radical (unpaired) electrons. The van der Waals surface area contributed by atoms with Gasteiger partial charge in [-0.05, 0) is 67.8 Å². The van der Waals surface area contributed by atoms with Crippen molar-refractivity contribution >= 4 is 28.2 Å². The number of hydrogen-bond acceptors (Lipinski definition) is 9. The van der Waals surface area contributed by atoms with Gasteiger partial charge in [-0.15, -0.1) is 0 Å². The van der Waals surface area contributed by atoms with Gasteiger partial charge < -0.3 is 25.4 Å². The smallest absolute Gasteiger partial charge is 0.318 e. The number of phenols is 1. The Hall–Kier alpha value is -4.52. The van der Waals surface area contributed by atoms with Gasteiger partial charge in [-0.1, -0.05) is 13.0 Å². The van der Waals surface area contributed by atoms with Crippen LogP contribution < -0.4 is 20.3 Å². The molecule has 2 aromatic carbocycles. The first kappa shape index (κ1) is 32.7. The molecule has 2 atom stereocenters. The Kier molecular flexibility index (Phi) is 8.48. The Labute approximate surface area is 290 Å². The topological polar surface area (TPSA) is 126 Å². The van der Waals surface area contributed by atoms with Crippen LogP contribution in [0, 0.1) is 5.82 Å². The zero-order chi connectivity index (χ0) is 34.6. The number of anilines is 2. The molecule has 3 N–H and O–H groups in total. The second kappa shape index (κ2) is 13.0. The molecule has 2 saturated heterocycles. The number of carbonyl (C=O) groups is 1. The molecule has 6 heterocycles. The van der Waals surface area contributed by atoms with Gasteiger partial charge in [-0.2, -0.15) is 15.1 Å². The lowest BCUT2D eigenvalue weighted by Crippen LogP contribution is -2.43. The van der Waals surface area contributed by atoms with Crippen molar-refractivity contribution < 1.29 is 23.4 Å². The molecule has 1 amide bonds. The van der Waals surface area contributed by atoms with Crippen molar-refractivity contribution in [2.24, 2.45) is 5.73 Å². The summed E-state index contributed by atoms with van der Waals surface area (Å²) >= 11 is 0. The molecular formula is C37H44F2N8O3. The summed E-state index contributed by atoms with van der Waals surface area (Å²) < 4.78 is 38.2. The SMILES string of the molecule is CCc1c(F)ccc2cc(O)cc(N3CCc4c(nc(OC[C@@]56CCCN5C[C@H](F)C6)nc4N4CCCn5nc(CCC(N)=O)cc5C4)C3)c12. The molecule has 2 aromatic heterocycles. The van der Waals surface area contributed by atoms with E-state index in [2.05, 4.69) is 14.7 Å². The molecule has 0 saturated carbocycles. The van der Waals surface area contributed by atoms with Crippen LogP contribution in [0.4, 0.5) is 20.3 Å². The highest BCUT2D eigenvalue weighted by molar-refractivity contribution is 5.98. The average Bonchev–Trinajstić information content (AvgIpc) is 3.72. The summed E-state index contributed by atoms with van der Waals surface area (Å²) in [6.45, 7) is 6.70. The average molecular weight is 687 g/mol. The van der Waals surface area contributed by atoms with E-state index in [9.17, 15) is 14.3 Å². The fraction of sp³-hybridized carbons (Fsp3) is 0.514. The molecule has 4 aliphatic heterocycles. The minimum absolute atomic E-state index is 0.124. The van der Waals surface area contributed by atoms with Crippen molar-refractivity contribution in [3.05, 3.63) is 64.4 Å². The van der Waals surface area contributed by atoms with Crippen molar-refractivity contribution in [2.75, 3.05) is 42.6 Å². The van der Waals surface area contributed by atoms with Gasteiger partial charge in [0.1, 0.15) is 30.2 Å². The third-order valence-corrected chi connectivity index (χ3v) is 11.1. The van der Waals surface area contributed by atoms with Crippen LogP contribution in [0.2, 0.25) is 0 Å². The zero-order valence-corrected chi connectivity index (χ0v) is 28.5. The van der Waals surface area contributed by atoms with E-state index >= 15 is 4.39 Å². The first-order chi connectivity index (χ1) is 24.2. The largest absolute Gasteiger partial charge is 0.508 e. The molecule has 4 aromatic rings. The fourth-order valence-corrected chi connectivity index (χ4v) is 8.72. The number of carbonyl (C=O) groups excluding carboxylic acids is 1. The molecule has 0 aliphatic carbocycles. The molecule has 0 bridgehead atoms. The summed E-state index contributed by atoms with van der Waals surface area (Å²) in [5.41, 5.74) is 10.2. The number of phenolic OH excluding ortho intramolecular Hbond substituents is 1. The zero-order valence-electron chi connectivity index (χ0n) is 28.5. The number of aromatic hydroxyl groups is 1. The summed E-state index contributed by atoms with van der Waals surface area (Å²) in [5.74, 6) is 0.331. The minimum atomic E-state index is -0.864. The number of aryl methyl sites for hydroxylation is 3. The summed E-state index contributed by atoms with van der Waals surface area (Å²) in [5, 5.41) is 17.1. The standard InChI is InChI=1S/C37H44F2N8O3/c1-2-28-30(39)7-5-23-15-27(48)17-32(34(23)28)44-14-9-29-31(21-44)41-36(50-22-37-10-3-12-46(37)19-24(38)18-37)42-35(29)45-11-4-13-47-26(20-45)16-25(43-47)6-8-33(40)49/h5,7,15-17,24,48H,2-4,6,8-14,18-22H2,1H3,(H2,40,49)/t24-,37+/m1/s1. The molecule has 50 heavy (non-hydrogen) atoms. The van der Waals surface area contributed by atoms with E-state index in [0.29, 0.717) is 64.0 Å². The van der Waals surface area contributed by atoms with Crippen molar-refractivity contribution in [2.45, 2.75) is 89.6 Å². The Bertz CT molecular complexity index is 1950. The van der Waals surface area contributed by atoms with Crippen LogP contribution in [0.5, 0.6) is 11.8 Å². The third-order valence-electron chi connectivity index (χ3n) is 11.1. The maximum atomic E-state index is 15.1. The highest BCUT2D eigenvalue weighted by Crippen LogP contribution is 2.42. The Morgan fingerprint density at radius 2 is 1.98 bits per heavy atom. The van der Waals surface area contributed by atoms with Crippen LogP contribution in [-0.2, 0) is 43.7 Å². The molecule has 2 fully saturated rings. The monoisotopic (exact) mass is 686 g/mol. The van der Waals surface area contributed by atoms with Crippen LogP contribution in [-0.4, -0.2) is 80.2 Å². The Balaban J connectivity index is 1.16. The number of halogens is 2. The normalized spacial score (nSPS) is 22.0. The van der Waals surface area contributed by atoms with E-state index in [4.69, 9.17) is 25.5 Å². The Morgan fingerprint density at radius 1 is 1.10 bits per heavy atom. The predicted octanol–water partition coefficient (Wildman–Crippen LogP) is 4.58. The molecule has 8 rings (SSSR count). The van der Waals surface area contributed by atoms with Crippen LogP contribution in [0.25, 0.3) is 10.8 Å². The molecule has 11 nitrogen and oxygen atoms in total. The lowest BCUT2D eigenvalue weighted by molar-refractivity contribution is -0.118. The molecule has 13 heteroatoms. The van der Waals surface area contributed by atoms with Crippen molar-refractivity contribution in [1.82, 2.24) is 24.6 Å². The lowest BCUT2D eigenvalue weighted by Gasteiger charge is -2.35. The number of ether oxygens (including phenoxy) is 1. The lowest BCUT2D eigenvalue weighted by atomic mass is 9.95. The molecule has 264 valence electrons. The van der Waals surface area contributed by atoms with Crippen LogP contribution >= 0.6 is 0 Å². The molecule has 0 spiro atoms. The van der Waals surface area contributed by atoms with E-state index in [1.807, 2.05) is 17.7 Å². The number of fused-ring (bicyclic) bond motifs is 4. The van der Waals surface area contributed by atoms with Gasteiger partial charge in [0.05, 0.1) is 35.7 Å². The van der Waals surface area contributed by atoms with Crippen LogP contribution in [0.3, 0.4) is 0 Å². The third kappa shape index (κ3) is 5.99. The van der Waals surface area contributed by atoms with E-state index < -0.39 is 6.17 Å². The maximum absolute atomic E-state index is 15.1. The first-order valence-corrected chi connectivity index (χ1v) is 17.9. The number of aromatic nitrogens is 4. The van der Waals surface area contributed by atoms with E-state index in [1.54, 1.807) is 18.2 Å². The number of benzene rings is 2. The van der Waals surface area contributed by atoms with Crippen LogP contribution in [0.15, 0.2) is 30.3 Å². The second-order valence-electron chi connectivity index (χ2n) is 14.3. The van der Waals surface area contributed by atoms with Gasteiger partial charge in [0.15, 0.2) is 0 Å². The molecule has 0 unspecified atom stereocenters. The van der Waals surface area contributed by atoms with Gasteiger partial charge in [0.25, 0.3) is 0 Å². The van der Waals surface area contributed by atoms with Gasteiger partial charge in [-0.25, -0.2) is 8.78 Å². The number of amides is 1.